The maximum atomic E-state index is 11.8. The number of hydrogen-bond donors (Lipinski definition) is 0. The van der Waals surface area contributed by atoms with Gasteiger partial charge in [0.2, 0.25) is 0 Å². The lowest BCUT2D eigenvalue weighted by atomic mass is 9.99. The van der Waals surface area contributed by atoms with Gasteiger partial charge in [0.05, 0.1) is 0 Å². The van der Waals surface area contributed by atoms with E-state index in [1.165, 1.54) is 0 Å². The lowest BCUT2D eigenvalue weighted by molar-refractivity contribution is 0.0647. The minimum Gasteiger partial charge on any atom is -0.334 e. The molecule has 0 N–H and O–H groups in total. The smallest absolute Gasteiger partial charge is 0.316 e. The Balaban J connectivity index is 2.02. The first-order valence-electron chi connectivity index (χ1n) is 5.26. The van der Waals surface area contributed by atoms with Crippen LogP contribution in [0, 0.1) is 12.8 Å². The largest absolute Gasteiger partial charge is 0.334 e. The van der Waals surface area contributed by atoms with Crippen LogP contribution in [0.2, 0.25) is 0 Å². The van der Waals surface area contributed by atoms with Crippen molar-refractivity contribution in [1.82, 2.24) is 15.0 Å². The molecule has 82 valence electrons. The van der Waals surface area contributed by atoms with Crippen molar-refractivity contribution in [2.45, 2.75) is 26.7 Å². The quantitative estimate of drug-likeness (QED) is 0.698. The molecule has 5 nitrogen and oxygen atoms in total. The summed E-state index contributed by atoms with van der Waals surface area (Å²) in [6, 6.07) is 0. The fraction of sp³-hybridized carbons (Fsp3) is 0.700. The van der Waals surface area contributed by atoms with E-state index in [1.807, 2.05) is 0 Å². The highest BCUT2D eigenvalue weighted by Gasteiger charge is 2.25. The van der Waals surface area contributed by atoms with Crippen molar-refractivity contribution in [3.05, 3.63) is 11.7 Å². The lowest BCUT2D eigenvalue weighted by Gasteiger charge is -2.28. The van der Waals surface area contributed by atoms with E-state index in [4.69, 9.17) is 4.52 Å². The topological polar surface area (TPSA) is 59.2 Å². The van der Waals surface area contributed by atoms with Gasteiger partial charge in [0, 0.05) is 13.1 Å². The fourth-order valence-corrected chi connectivity index (χ4v) is 1.73. The summed E-state index contributed by atoms with van der Waals surface area (Å²) < 4.78 is 4.85. The molecule has 0 aliphatic carbocycles. The van der Waals surface area contributed by atoms with Crippen LogP contribution >= 0.6 is 0 Å². The Labute approximate surface area is 88.5 Å². The van der Waals surface area contributed by atoms with E-state index in [1.54, 1.807) is 11.8 Å². The van der Waals surface area contributed by atoms with Crippen molar-refractivity contribution in [3.8, 4) is 0 Å². The first-order chi connectivity index (χ1) is 7.16. The Kier molecular flexibility index (Phi) is 2.70. The summed E-state index contributed by atoms with van der Waals surface area (Å²) in [6.45, 7) is 5.50. The molecular formula is C10H15N3O2. The molecule has 0 aromatic carbocycles. The molecule has 0 radical (unpaired) electrons. The van der Waals surface area contributed by atoms with Crippen LogP contribution in [0.15, 0.2) is 4.52 Å². The van der Waals surface area contributed by atoms with Crippen LogP contribution in [-0.4, -0.2) is 34.0 Å². The van der Waals surface area contributed by atoms with Crippen molar-refractivity contribution in [2.75, 3.05) is 13.1 Å². The van der Waals surface area contributed by atoms with Gasteiger partial charge in [-0.25, -0.2) is 0 Å². The molecule has 1 fully saturated rings. The molecule has 0 bridgehead atoms. The molecule has 2 heterocycles. The summed E-state index contributed by atoms with van der Waals surface area (Å²) in [4.78, 5) is 17.6. The van der Waals surface area contributed by atoms with Crippen LogP contribution in [0.1, 0.15) is 36.3 Å². The minimum atomic E-state index is -0.137. The number of aryl methyl sites for hydroxylation is 1. The average molecular weight is 209 g/mol. The number of rotatable bonds is 1. The highest BCUT2D eigenvalue weighted by molar-refractivity contribution is 5.89. The summed E-state index contributed by atoms with van der Waals surface area (Å²) in [6.07, 6.45) is 2.11. The monoisotopic (exact) mass is 209 g/mol. The molecule has 1 aliphatic rings. The van der Waals surface area contributed by atoms with Gasteiger partial charge in [0.25, 0.3) is 0 Å². The van der Waals surface area contributed by atoms with Gasteiger partial charge in [-0.1, -0.05) is 12.1 Å². The van der Waals surface area contributed by atoms with Gasteiger partial charge in [-0.15, -0.1) is 0 Å². The van der Waals surface area contributed by atoms with Crippen molar-refractivity contribution < 1.29 is 9.32 Å². The molecule has 1 saturated heterocycles. The fourth-order valence-electron chi connectivity index (χ4n) is 1.73. The zero-order valence-electron chi connectivity index (χ0n) is 9.06. The summed E-state index contributed by atoms with van der Waals surface area (Å²) in [5.41, 5.74) is 0. The van der Waals surface area contributed by atoms with Crippen LogP contribution < -0.4 is 0 Å². The number of carbonyl (C=O) groups excluding carboxylic acids is 1. The second kappa shape index (κ2) is 4.00. The van der Waals surface area contributed by atoms with Gasteiger partial charge in [-0.3, -0.25) is 4.79 Å². The molecule has 0 spiro atoms. The van der Waals surface area contributed by atoms with E-state index >= 15 is 0 Å². The van der Waals surface area contributed by atoms with Crippen molar-refractivity contribution in [3.63, 3.8) is 0 Å². The third kappa shape index (κ3) is 2.16. The van der Waals surface area contributed by atoms with E-state index < -0.39 is 0 Å². The van der Waals surface area contributed by atoms with E-state index in [2.05, 4.69) is 17.1 Å². The Morgan fingerprint density at radius 2 is 2.13 bits per heavy atom. The second-order valence-corrected chi connectivity index (χ2v) is 4.12. The molecule has 15 heavy (non-hydrogen) atoms. The van der Waals surface area contributed by atoms with Crippen molar-refractivity contribution in [2.24, 2.45) is 5.92 Å². The maximum Gasteiger partial charge on any atom is 0.316 e. The zero-order chi connectivity index (χ0) is 10.8. The Bertz CT molecular complexity index is 353. The number of likely N-dealkylation sites (tertiary alicyclic amines) is 1. The molecule has 0 saturated carbocycles. The first kappa shape index (κ1) is 10.1. The minimum absolute atomic E-state index is 0.113. The van der Waals surface area contributed by atoms with E-state index in [-0.39, 0.29) is 11.8 Å². The number of carbonyl (C=O) groups is 1. The summed E-state index contributed by atoms with van der Waals surface area (Å²) in [5.74, 6) is 1.19. The maximum absolute atomic E-state index is 11.8. The zero-order valence-corrected chi connectivity index (χ0v) is 9.06. The van der Waals surface area contributed by atoms with Crippen LogP contribution in [0.5, 0.6) is 0 Å². The predicted octanol–water partition coefficient (Wildman–Crippen LogP) is 1.25. The average Bonchev–Trinajstić information content (AvgIpc) is 2.65. The Morgan fingerprint density at radius 3 is 2.67 bits per heavy atom. The van der Waals surface area contributed by atoms with E-state index in [0.717, 1.165) is 25.9 Å². The van der Waals surface area contributed by atoms with Crippen molar-refractivity contribution in [1.29, 1.82) is 0 Å². The van der Waals surface area contributed by atoms with Gasteiger partial charge in [0.15, 0.2) is 5.82 Å². The molecule has 2 rings (SSSR count). The summed E-state index contributed by atoms with van der Waals surface area (Å²) in [7, 11) is 0. The summed E-state index contributed by atoms with van der Waals surface area (Å²) in [5, 5.41) is 3.61. The number of hydrogen-bond acceptors (Lipinski definition) is 4. The normalized spacial score (nSPS) is 18.1. The Morgan fingerprint density at radius 1 is 1.47 bits per heavy atom. The van der Waals surface area contributed by atoms with Gasteiger partial charge >= 0.3 is 11.8 Å². The third-order valence-electron chi connectivity index (χ3n) is 2.78. The molecule has 0 unspecified atom stereocenters. The van der Waals surface area contributed by atoms with Crippen LogP contribution in [0.3, 0.4) is 0 Å². The molecule has 0 atom stereocenters. The molecule has 1 aromatic heterocycles. The van der Waals surface area contributed by atoms with Crippen molar-refractivity contribution >= 4 is 5.91 Å². The van der Waals surface area contributed by atoms with Gasteiger partial charge in [-0.05, 0) is 25.7 Å². The molecule has 5 heteroatoms. The SMILES string of the molecule is Cc1noc(C(=O)N2CCC(C)CC2)n1. The standard InChI is InChI=1S/C10H15N3O2/c1-7-3-5-13(6-4-7)10(14)9-11-8(2)12-15-9/h7H,3-6H2,1-2H3. The highest BCUT2D eigenvalue weighted by Crippen LogP contribution is 2.17. The van der Waals surface area contributed by atoms with Crippen LogP contribution in [-0.2, 0) is 0 Å². The van der Waals surface area contributed by atoms with Crippen LogP contribution in [0.25, 0.3) is 0 Å². The van der Waals surface area contributed by atoms with Gasteiger partial charge in [-0.2, -0.15) is 4.98 Å². The Hall–Kier alpha value is -1.39. The first-order valence-corrected chi connectivity index (χ1v) is 5.26. The molecule has 1 aliphatic heterocycles. The number of nitrogens with zero attached hydrogens (tertiary/aromatic N) is 3. The van der Waals surface area contributed by atoms with E-state index in [9.17, 15) is 4.79 Å². The van der Waals surface area contributed by atoms with Gasteiger partial charge < -0.3 is 9.42 Å². The number of aromatic nitrogens is 2. The molecular weight excluding hydrogens is 194 g/mol. The molecule has 1 aromatic rings. The summed E-state index contributed by atoms with van der Waals surface area (Å²) >= 11 is 0. The number of amides is 1. The number of piperidine rings is 1. The van der Waals surface area contributed by atoms with Crippen LogP contribution in [0.4, 0.5) is 0 Å². The lowest BCUT2D eigenvalue weighted by Crippen LogP contribution is -2.38. The van der Waals surface area contributed by atoms with E-state index in [0.29, 0.717) is 11.7 Å². The highest BCUT2D eigenvalue weighted by atomic mass is 16.5. The predicted molar refractivity (Wildman–Crippen MR) is 53.3 cm³/mol. The van der Waals surface area contributed by atoms with Gasteiger partial charge in [0.1, 0.15) is 0 Å². The molecule has 1 amide bonds. The third-order valence-corrected chi connectivity index (χ3v) is 2.78. The second-order valence-electron chi connectivity index (χ2n) is 4.12.